The SMILES string of the molecule is COc1ccc(CC(CO)Oc2ccc(CCCO)cc2OC)cc1OC. The molecule has 0 heterocycles. The first-order valence-electron chi connectivity index (χ1n) is 8.91. The molecule has 0 aromatic heterocycles. The lowest BCUT2D eigenvalue weighted by Crippen LogP contribution is -2.24. The molecule has 0 spiro atoms. The lowest BCUT2D eigenvalue weighted by atomic mass is 10.1. The topological polar surface area (TPSA) is 77.4 Å². The maximum Gasteiger partial charge on any atom is 0.161 e. The highest BCUT2D eigenvalue weighted by Crippen LogP contribution is 2.31. The first-order chi connectivity index (χ1) is 13.1. The molecule has 2 N–H and O–H groups in total. The van der Waals surface area contributed by atoms with E-state index in [2.05, 4.69) is 0 Å². The van der Waals surface area contributed by atoms with E-state index in [4.69, 9.17) is 24.1 Å². The summed E-state index contributed by atoms with van der Waals surface area (Å²) in [6, 6.07) is 11.3. The third-order valence-electron chi connectivity index (χ3n) is 4.26. The van der Waals surface area contributed by atoms with Crippen LogP contribution in [0, 0.1) is 0 Å². The molecular formula is C21H28O6. The van der Waals surface area contributed by atoms with Gasteiger partial charge in [0.1, 0.15) is 6.10 Å². The van der Waals surface area contributed by atoms with Gasteiger partial charge in [-0.2, -0.15) is 0 Å². The lowest BCUT2D eigenvalue weighted by molar-refractivity contribution is 0.112. The molecule has 0 aliphatic rings. The van der Waals surface area contributed by atoms with Crippen LogP contribution in [0.2, 0.25) is 0 Å². The Morgan fingerprint density at radius 2 is 1.37 bits per heavy atom. The molecule has 0 aliphatic carbocycles. The summed E-state index contributed by atoms with van der Waals surface area (Å²) in [6.07, 6.45) is 1.54. The van der Waals surface area contributed by atoms with E-state index in [0.29, 0.717) is 35.8 Å². The molecule has 1 atom stereocenters. The molecule has 2 aromatic rings. The second-order valence-corrected chi connectivity index (χ2v) is 6.13. The summed E-state index contributed by atoms with van der Waals surface area (Å²) < 4.78 is 22.0. The average Bonchev–Trinajstić information content (AvgIpc) is 2.72. The number of ether oxygens (including phenoxy) is 4. The van der Waals surface area contributed by atoms with Crippen LogP contribution >= 0.6 is 0 Å². The van der Waals surface area contributed by atoms with Gasteiger partial charge in [0.2, 0.25) is 0 Å². The molecule has 0 aliphatic heterocycles. The van der Waals surface area contributed by atoms with Gasteiger partial charge >= 0.3 is 0 Å². The Hall–Kier alpha value is -2.44. The monoisotopic (exact) mass is 376 g/mol. The van der Waals surface area contributed by atoms with Gasteiger partial charge in [0, 0.05) is 13.0 Å². The van der Waals surface area contributed by atoms with Crippen molar-refractivity contribution < 1.29 is 29.2 Å². The van der Waals surface area contributed by atoms with E-state index in [1.54, 1.807) is 21.3 Å². The fourth-order valence-electron chi connectivity index (χ4n) is 2.84. The zero-order chi connectivity index (χ0) is 19.6. The van der Waals surface area contributed by atoms with Crippen molar-refractivity contribution in [2.45, 2.75) is 25.4 Å². The molecule has 0 saturated heterocycles. The van der Waals surface area contributed by atoms with Crippen molar-refractivity contribution in [3.63, 3.8) is 0 Å². The lowest BCUT2D eigenvalue weighted by Gasteiger charge is -2.20. The van der Waals surface area contributed by atoms with E-state index in [9.17, 15) is 5.11 Å². The second kappa shape index (κ2) is 10.6. The van der Waals surface area contributed by atoms with Gasteiger partial charge in [-0.25, -0.2) is 0 Å². The van der Waals surface area contributed by atoms with Crippen molar-refractivity contribution in [3.05, 3.63) is 47.5 Å². The van der Waals surface area contributed by atoms with E-state index in [1.165, 1.54) is 0 Å². The molecule has 0 bridgehead atoms. The number of aliphatic hydroxyl groups excluding tert-OH is 2. The molecule has 1 unspecified atom stereocenters. The number of benzene rings is 2. The minimum Gasteiger partial charge on any atom is -0.493 e. The van der Waals surface area contributed by atoms with Crippen LogP contribution in [0.4, 0.5) is 0 Å². The predicted octanol–water partition coefficient (Wildman–Crippen LogP) is 2.62. The van der Waals surface area contributed by atoms with Crippen LogP contribution < -0.4 is 18.9 Å². The smallest absolute Gasteiger partial charge is 0.161 e. The molecule has 0 saturated carbocycles. The molecule has 0 radical (unpaired) electrons. The standard InChI is InChI=1S/C21H28O6/c1-24-18-8-7-16(13-20(18)25-2)11-17(14-23)27-19-9-6-15(5-4-10-22)12-21(19)26-3/h6-9,12-13,17,22-23H,4-5,10-11,14H2,1-3H3. The van der Waals surface area contributed by atoms with Crippen molar-refractivity contribution in [2.24, 2.45) is 0 Å². The summed E-state index contributed by atoms with van der Waals surface area (Å²) in [4.78, 5) is 0. The summed E-state index contributed by atoms with van der Waals surface area (Å²) in [5.74, 6) is 2.47. The number of aliphatic hydroxyl groups is 2. The Bertz CT molecular complexity index is 716. The zero-order valence-corrected chi connectivity index (χ0v) is 16.1. The highest BCUT2D eigenvalue weighted by atomic mass is 16.5. The van der Waals surface area contributed by atoms with E-state index < -0.39 is 6.10 Å². The van der Waals surface area contributed by atoms with Crippen LogP contribution in [0.3, 0.4) is 0 Å². The fraction of sp³-hybridized carbons (Fsp3) is 0.429. The van der Waals surface area contributed by atoms with Gasteiger partial charge in [-0.1, -0.05) is 12.1 Å². The van der Waals surface area contributed by atoms with Crippen molar-refractivity contribution in [1.29, 1.82) is 0 Å². The van der Waals surface area contributed by atoms with E-state index >= 15 is 0 Å². The van der Waals surface area contributed by atoms with E-state index in [0.717, 1.165) is 17.5 Å². The number of aryl methyl sites for hydroxylation is 1. The van der Waals surface area contributed by atoms with Gasteiger partial charge in [-0.05, 0) is 48.2 Å². The molecular weight excluding hydrogens is 348 g/mol. The summed E-state index contributed by atoms with van der Waals surface area (Å²) in [5, 5.41) is 18.7. The van der Waals surface area contributed by atoms with E-state index in [-0.39, 0.29) is 13.2 Å². The first kappa shape index (κ1) is 20.9. The Balaban J connectivity index is 2.12. The summed E-state index contributed by atoms with van der Waals surface area (Å²) in [7, 11) is 4.76. The first-order valence-corrected chi connectivity index (χ1v) is 8.91. The van der Waals surface area contributed by atoms with Crippen LogP contribution in [0.25, 0.3) is 0 Å². The Kier molecular flexibility index (Phi) is 8.23. The summed E-state index contributed by atoms with van der Waals surface area (Å²) >= 11 is 0. The Morgan fingerprint density at radius 1 is 0.778 bits per heavy atom. The quantitative estimate of drug-likeness (QED) is 0.628. The average molecular weight is 376 g/mol. The highest BCUT2D eigenvalue weighted by Gasteiger charge is 2.15. The van der Waals surface area contributed by atoms with Gasteiger partial charge in [0.15, 0.2) is 23.0 Å². The second-order valence-electron chi connectivity index (χ2n) is 6.13. The number of rotatable bonds is 11. The molecule has 148 valence electrons. The molecule has 6 nitrogen and oxygen atoms in total. The third kappa shape index (κ3) is 5.77. The van der Waals surface area contributed by atoms with Gasteiger partial charge in [0.05, 0.1) is 27.9 Å². The van der Waals surface area contributed by atoms with Gasteiger partial charge in [-0.15, -0.1) is 0 Å². The van der Waals surface area contributed by atoms with Gasteiger partial charge in [0.25, 0.3) is 0 Å². The molecule has 0 amide bonds. The Labute approximate surface area is 160 Å². The minimum absolute atomic E-state index is 0.135. The van der Waals surface area contributed by atoms with Crippen LogP contribution in [-0.4, -0.2) is 50.9 Å². The number of hydrogen-bond acceptors (Lipinski definition) is 6. The normalized spacial score (nSPS) is 11.7. The van der Waals surface area contributed by atoms with Crippen LogP contribution in [-0.2, 0) is 12.8 Å². The fourth-order valence-corrected chi connectivity index (χ4v) is 2.84. The van der Waals surface area contributed by atoms with Crippen molar-refractivity contribution >= 4 is 0 Å². The highest BCUT2D eigenvalue weighted by molar-refractivity contribution is 5.44. The largest absolute Gasteiger partial charge is 0.493 e. The van der Waals surface area contributed by atoms with Crippen LogP contribution in [0.1, 0.15) is 17.5 Å². The number of hydrogen-bond donors (Lipinski definition) is 2. The molecule has 6 heteroatoms. The minimum atomic E-state index is -0.430. The van der Waals surface area contributed by atoms with Crippen molar-refractivity contribution in [3.8, 4) is 23.0 Å². The maximum atomic E-state index is 9.76. The summed E-state index contributed by atoms with van der Waals surface area (Å²) in [5.41, 5.74) is 2.03. The van der Waals surface area contributed by atoms with Crippen molar-refractivity contribution in [2.75, 3.05) is 34.5 Å². The van der Waals surface area contributed by atoms with Crippen LogP contribution in [0.15, 0.2) is 36.4 Å². The predicted molar refractivity (Wildman–Crippen MR) is 103 cm³/mol. The van der Waals surface area contributed by atoms with Crippen molar-refractivity contribution in [1.82, 2.24) is 0 Å². The summed E-state index contributed by atoms with van der Waals surface area (Å²) in [6.45, 7) is 0.0161. The molecule has 2 aromatic carbocycles. The number of methoxy groups -OCH3 is 3. The Morgan fingerprint density at radius 3 is 2.00 bits per heavy atom. The molecule has 27 heavy (non-hydrogen) atoms. The van der Waals surface area contributed by atoms with E-state index in [1.807, 2.05) is 36.4 Å². The van der Waals surface area contributed by atoms with Crippen LogP contribution in [0.5, 0.6) is 23.0 Å². The maximum absolute atomic E-state index is 9.76. The molecule has 2 rings (SSSR count). The zero-order valence-electron chi connectivity index (χ0n) is 16.1. The van der Waals surface area contributed by atoms with Gasteiger partial charge < -0.3 is 29.2 Å². The third-order valence-corrected chi connectivity index (χ3v) is 4.26. The van der Waals surface area contributed by atoms with Gasteiger partial charge in [-0.3, -0.25) is 0 Å². The molecule has 0 fully saturated rings.